The number of guanidine groups is 1. The molecule has 3 aromatic rings. The second-order valence-electron chi connectivity index (χ2n) is 7.06. The minimum absolute atomic E-state index is 0. The van der Waals surface area contributed by atoms with Gasteiger partial charge < -0.3 is 20.1 Å². The molecule has 2 aromatic carbocycles. The molecule has 1 aliphatic rings. The molecule has 0 saturated heterocycles. The number of hydrogen-bond acceptors (Lipinski definition) is 5. The first kappa shape index (κ1) is 22.9. The molecule has 8 nitrogen and oxygen atoms in total. The van der Waals surface area contributed by atoms with Crippen molar-refractivity contribution in [3.05, 3.63) is 66.2 Å². The molecule has 164 valence electrons. The van der Waals surface area contributed by atoms with Crippen molar-refractivity contribution in [1.29, 1.82) is 0 Å². The number of aromatic nitrogens is 3. The topological polar surface area (TPSA) is 85.6 Å². The van der Waals surface area contributed by atoms with Crippen LogP contribution in [-0.4, -0.2) is 40.9 Å². The zero-order chi connectivity index (χ0) is 20.8. The summed E-state index contributed by atoms with van der Waals surface area (Å²) in [5.74, 6) is 3.98. The van der Waals surface area contributed by atoms with Gasteiger partial charge in [0.25, 0.3) is 0 Å². The monoisotopic (exact) mass is 534 g/mol. The van der Waals surface area contributed by atoms with E-state index in [1.807, 2.05) is 53.2 Å². The third-order valence-corrected chi connectivity index (χ3v) is 5.05. The second-order valence-corrected chi connectivity index (χ2v) is 7.06. The number of halogens is 1. The minimum Gasteiger partial charge on any atom is -0.493 e. The molecule has 2 heterocycles. The normalized spacial score (nSPS) is 15.4. The Morgan fingerprint density at radius 2 is 1.94 bits per heavy atom. The van der Waals surface area contributed by atoms with Crippen molar-refractivity contribution in [1.82, 2.24) is 25.4 Å². The number of aryl methyl sites for hydroxylation is 1. The van der Waals surface area contributed by atoms with Crippen LogP contribution in [0.4, 0.5) is 0 Å². The summed E-state index contributed by atoms with van der Waals surface area (Å²) in [5.41, 5.74) is 1.13. The number of ether oxygens (including phenoxy) is 2. The fraction of sp³-hybridized carbons (Fsp3) is 0.318. The number of aliphatic imine (C=N–C) groups is 1. The zero-order valence-electron chi connectivity index (χ0n) is 17.6. The van der Waals surface area contributed by atoms with Crippen molar-refractivity contribution in [2.24, 2.45) is 4.99 Å². The molecule has 9 heteroatoms. The minimum atomic E-state index is 0. The lowest BCUT2D eigenvalue weighted by Crippen LogP contribution is -2.46. The van der Waals surface area contributed by atoms with Gasteiger partial charge in [-0.3, -0.25) is 4.99 Å². The second kappa shape index (κ2) is 11.0. The standard InChI is InChI=1S/C22H26N6O2.HI/c1-23-22(27-17-9-12-21-25-15-26-28(21)14-17)24-13-16-7-10-18(11-8-16)30-20-6-4-3-5-19(20)29-2;/h3-8,10-11,15,17H,9,12-14H2,1-2H3,(H2,23,24,27);1H. The molecule has 4 rings (SSSR count). The fourth-order valence-corrected chi connectivity index (χ4v) is 3.43. The highest BCUT2D eigenvalue weighted by atomic mass is 127. The van der Waals surface area contributed by atoms with Crippen LogP contribution in [0, 0.1) is 0 Å². The van der Waals surface area contributed by atoms with E-state index >= 15 is 0 Å². The Hall–Kier alpha value is -2.82. The van der Waals surface area contributed by atoms with Crippen LogP contribution in [0.25, 0.3) is 0 Å². The summed E-state index contributed by atoms with van der Waals surface area (Å²) >= 11 is 0. The molecular weight excluding hydrogens is 507 g/mol. The van der Waals surface area contributed by atoms with Gasteiger partial charge in [-0.2, -0.15) is 5.10 Å². The molecule has 0 bridgehead atoms. The van der Waals surface area contributed by atoms with Crippen LogP contribution >= 0.6 is 24.0 Å². The first-order valence-corrected chi connectivity index (χ1v) is 9.99. The zero-order valence-corrected chi connectivity index (χ0v) is 19.9. The maximum atomic E-state index is 5.93. The molecule has 0 saturated carbocycles. The van der Waals surface area contributed by atoms with Gasteiger partial charge >= 0.3 is 0 Å². The lowest BCUT2D eigenvalue weighted by atomic mass is 10.1. The highest BCUT2D eigenvalue weighted by molar-refractivity contribution is 14.0. The van der Waals surface area contributed by atoms with Crippen LogP contribution in [0.1, 0.15) is 17.8 Å². The van der Waals surface area contributed by atoms with E-state index in [0.29, 0.717) is 18.0 Å². The van der Waals surface area contributed by atoms with Gasteiger partial charge in [-0.1, -0.05) is 24.3 Å². The molecule has 1 unspecified atom stereocenters. The van der Waals surface area contributed by atoms with Crippen molar-refractivity contribution in [3.63, 3.8) is 0 Å². The average Bonchev–Trinajstić information content (AvgIpc) is 3.26. The van der Waals surface area contributed by atoms with E-state index < -0.39 is 0 Å². The number of hydrogen-bond donors (Lipinski definition) is 2. The van der Waals surface area contributed by atoms with Crippen LogP contribution in [0.5, 0.6) is 17.2 Å². The molecule has 0 radical (unpaired) electrons. The summed E-state index contributed by atoms with van der Waals surface area (Å²) in [6, 6.07) is 15.9. The molecule has 0 amide bonds. The number of methoxy groups -OCH3 is 1. The van der Waals surface area contributed by atoms with Crippen molar-refractivity contribution >= 4 is 29.9 Å². The number of para-hydroxylation sites is 2. The van der Waals surface area contributed by atoms with E-state index in [1.54, 1.807) is 20.5 Å². The molecule has 1 aromatic heterocycles. The lowest BCUT2D eigenvalue weighted by Gasteiger charge is -2.25. The highest BCUT2D eigenvalue weighted by Gasteiger charge is 2.20. The van der Waals surface area contributed by atoms with Crippen molar-refractivity contribution in [2.45, 2.75) is 32.0 Å². The Labute approximate surface area is 199 Å². The Morgan fingerprint density at radius 3 is 2.68 bits per heavy atom. The van der Waals surface area contributed by atoms with Gasteiger partial charge in [0.05, 0.1) is 13.7 Å². The third kappa shape index (κ3) is 5.87. The van der Waals surface area contributed by atoms with Crippen molar-refractivity contribution < 1.29 is 9.47 Å². The summed E-state index contributed by atoms with van der Waals surface area (Å²) in [4.78, 5) is 8.61. The SMILES string of the molecule is CN=C(NCc1ccc(Oc2ccccc2OC)cc1)NC1CCc2ncnn2C1.I. The summed E-state index contributed by atoms with van der Waals surface area (Å²) in [5, 5.41) is 11.1. The molecule has 2 N–H and O–H groups in total. The predicted molar refractivity (Wildman–Crippen MR) is 130 cm³/mol. The maximum absolute atomic E-state index is 5.93. The first-order valence-electron chi connectivity index (χ1n) is 9.99. The Balaban J connectivity index is 0.00000272. The number of nitrogens with zero attached hydrogens (tertiary/aromatic N) is 4. The summed E-state index contributed by atoms with van der Waals surface area (Å²) in [6.45, 7) is 1.46. The molecule has 0 fully saturated rings. The quantitative estimate of drug-likeness (QED) is 0.287. The third-order valence-electron chi connectivity index (χ3n) is 5.05. The van der Waals surface area contributed by atoms with Gasteiger partial charge in [0.2, 0.25) is 0 Å². The van der Waals surface area contributed by atoms with Gasteiger partial charge in [0, 0.05) is 26.1 Å². The number of fused-ring (bicyclic) bond motifs is 1. The van der Waals surface area contributed by atoms with Gasteiger partial charge in [-0.25, -0.2) is 9.67 Å². The van der Waals surface area contributed by atoms with Gasteiger partial charge in [-0.05, 0) is 36.2 Å². The van der Waals surface area contributed by atoms with Crippen LogP contribution in [-0.2, 0) is 19.5 Å². The largest absolute Gasteiger partial charge is 0.493 e. The maximum Gasteiger partial charge on any atom is 0.191 e. The first-order chi connectivity index (χ1) is 14.7. The number of benzene rings is 2. The van der Waals surface area contributed by atoms with Gasteiger partial charge in [-0.15, -0.1) is 24.0 Å². The van der Waals surface area contributed by atoms with Gasteiger partial charge in [0.15, 0.2) is 17.5 Å². The molecular formula is C22H27IN6O2. The summed E-state index contributed by atoms with van der Waals surface area (Å²) in [6.07, 6.45) is 3.54. The van der Waals surface area contributed by atoms with Crippen LogP contribution < -0.4 is 20.1 Å². The van der Waals surface area contributed by atoms with Gasteiger partial charge in [0.1, 0.15) is 17.9 Å². The highest BCUT2D eigenvalue weighted by Crippen LogP contribution is 2.30. The smallest absolute Gasteiger partial charge is 0.191 e. The van der Waals surface area contributed by atoms with E-state index in [4.69, 9.17) is 9.47 Å². The lowest BCUT2D eigenvalue weighted by molar-refractivity contribution is 0.379. The van der Waals surface area contributed by atoms with Crippen LogP contribution in [0.3, 0.4) is 0 Å². The molecule has 0 spiro atoms. The summed E-state index contributed by atoms with van der Waals surface area (Å²) in [7, 11) is 3.42. The Bertz CT molecular complexity index is 1010. The molecule has 0 aliphatic carbocycles. The molecule has 31 heavy (non-hydrogen) atoms. The van der Waals surface area contributed by atoms with Crippen molar-refractivity contribution in [2.75, 3.05) is 14.2 Å². The van der Waals surface area contributed by atoms with Crippen LogP contribution in [0.15, 0.2) is 59.9 Å². The van der Waals surface area contributed by atoms with E-state index in [1.165, 1.54) is 0 Å². The predicted octanol–water partition coefficient (Wildman–Crippen LogP) is 3.38. The van der Waals surface area contributed by atoms with E-state index in [0.717, 1.165) is 42.5 Å². The van der Waals surface area contributed by atoms with E-state index in [9.17, 15) is 0 Å². The fourth-order valence-electron chi connectivity index (χ4n) is 3.43. The van der Waals surface area contributed by atoms with Crippen molar-refractivity contribution in [3.8, 4) is 17.2 Å². The summed E-state index contributed by atoms with van der Waals surface area (Å²) < 4.78 is 13.2. The van der Waals surface area contributed by atoms with E-state index in [-0.39, 0.29) is 30.0 Å². The van der Waals surface area contributed by atoms with Crippen LogP contribution in [0.2, 0.25) is 0 Å². The average molecular weight is 534 g/mol. The molecule has 1 aliphatic heterocycles. The molecule has 1 atom stereocenters. The number of nitrogens with one attached hydrogen (secondary N) is 2. The Kier molecular flexibility index (Phi) is 8.10. The Morgan fingerprint density at radius 1 is 1.16 bits per heavy atom. The van der Waals surface area contributed by atoms with E-state index in [2.05, 4.69) is 25.7 Å². The number of rotatable bonds is 6.